The highest BCUT2D eigenvalue weighted by atomic mass is 32.2. The molecule has 0 fully saturated rings. The highest BCUT2D eigenvalue weighted by Gasteiger charge is 2.18. The zero-order valence-electron chi connectivity index (χ0n) is 17.0. The van der Waals surface area contributed by atoms with Crippen molar-refractivity contribution in [3.8, 4) is 5.75 Å². The molecular weight excluding hydrogens is 400 g/mol. The molecule has 6 nitrogen and oxygen atoms in total. The summed E-state index contributed by atoms with van der Waals surface area (Å²) < 4.78 is 33.5. The molecule has 1 atom stereocenters. The van der Waals surface area contributed by atoms with Crippen molar-refractivity contribution < 1.29 is 17.9 Å². The number of rotatable bonds is 7. The van der Waals surface area contributed by atoms with E-state index in [4.69, 9.17) is 4.74 Å². The van der Waals surface area contributed by atoms with Crippen molar-refractivity contribution in [1.29, 1.82) is 0 Å². The third-order valence-electron chi connectivity index (χ3n) is 4.59. The van der Waals surface area contributed by atoms with E-state index in [1.54, 1.807) is 37.3 Å². The lowest BCUT2D eigenvalue weighted by atomic mass is 10.2. The van der Waals surface area contributed by atoms with Crippen LogP contribution in [0.5, 0.6) is 5.75 Å². The monoisotopic (exact) mass is 424 g/mol. The summed E-state index contributed by atoms with van der Waals surface area (Å²) in [6, 6.07) is 20.6. The molecule has 156 valence electrons. The van der Waals surface area contributed by atoms with Gasteiger partial charge in [-0.15, -0.1) is 0 Å². The molecule has 1 amide bonds. The maximum absolute atomic E-state index is 12.6. The van der Waals surface area contributed by atoms with Crippen molar-refractivity contribution in [1.82, 2.24) is 0 Å². The molecule has 7 heteroatoms. The fourth-order valence-electron chi connectivity index (χ4n) is 2.79. The van der Waals surface area contributed by atoms with Gasteiger partial charge in [0.25, 0.3) is 15.9 Å². The standard InChI is InChI=1S/C23H24N2O4S/c1-16-8-4-6-10-21(16)25-30(27,28)20-14-12-19(13-15-20)24-23(26)18(3)29-22-11-7-5-9-17(22)2/h4-15,18,25H,1-3H3,(H,24,26)/t18-/m1/s1. The Kier molecular flexibility index (Phi) is 6.42. The van der Waals surface area contributed by atoms with Gasteiger partial charge in [0.15, 0.2) is 6.10 Å². The summed E-state index contributed by atoms with van der Waals surface area (Å²) in [4.78, 5) is 12.5. The van der Waals surface area contributed by atoms with E-state index in [2.05, 4.69) is 10.0 Å². The van der Waals surface area contributed by atoms with Crippen LogP contribution >= 0.6 is 0 Å². The highest BCUT2D eigenvalue weighted by Crippen LogP contribution is 2.21. The zero-order valence-corrected chi connectivity index (χ0v) is 17.9. The predicted octanol–water partition coefficient (Wildman–Crippen LogP) is 4.51. The van der Waals surface area contributed by atoms with Crippen LogP contribution in [-0.4, -0.2) is 20.4 Å². The smallest absolute Gasteiger partial charge is 0.265 e. The molecule has 0 unspecified atom stereocenters. The normalized spacial score (nSPS) is 12.1. The molecule has 0 saturated carbocycles. The number of amides is 1. The predicted molar refractivity (Wildman–Crippen MR) is 118 cm³/mol. The first kappa shape index (κ1) is 21.4. The summed E-state index contributed by atoms with van der Waals surface area (Å²) in [7, 11) is -3.73. The van der Waals surface area contributed by atoms with Crippen LogP contribution in [0, 0.1) is 13.8 Å². The third-order valence-corrected chi connectivity index (χ3v) is 5.97. The van der Waals surface area contributed by atoms with E-state index >= 15 is 0 Å². The SMILES string of the molecule is Cc1ccccc1NS(=O)(=O)c1ccc(NC(=O)[C@@H](C)Oc2ccccc2C)cc1. The van der Waals surface area contributed by atoms with Crippen LogP contribution < -0.4 is 14.8 Å². The molecule has 0 bridgehead atoms. The average Bonchev–Trinajstić information content (AvgIpc) is 2.71. The van der Waals surface area contributed by atoms with Gasteiger partial charge in [-0.1, -0.05) is 36.4 Å². The summed E-state index contributed by atoms with van der Waals surface area (Å²) in [6.45, 7) is 5.40. The van der Waals surface area contributed by atoms with Crippen molar-refractivity contribution in [2.45, 2.75) is 31.8 Å². The Morgan fingerprint density at radius 2 is 1.47 bits per heavy atom. The van der Waals surface area contributed by atoms with Crippen LogP contribution in [0.15, 0.2) is 77.7 Å². The van der Waals surface area contributed by atoms with E-state index in [1.807, 2.05) is 44.2 Å². The molecule has 0 aliphatic carbocycles. The summed E-state index contributed by atoms with van der Waals surface area (Å²) >= 11 is 0. The van der Waals surface area contributed by atoms with Crippen LogP contribution in [0.2, 0.25) is 0 Å². The minimum atomic E-state index is -3.73. The lowest BCUT2D eigenvalue weighted by Gasteiger charge is -2.16. The van der Waals surface area contributed by atoms with Gasteiger partial charge in [0.2, 0.25) is 0 Å². The molecular formula is C23H24N2O4S. The van der Waals surface area contributed by atoms with Crippen LogP contribution in [0.25, 0.3) is 0 Å². The molecule has 30 heavy (non-hydrogen) atoms. The number of ether oxygens (including phenoxy) is 1. The molecule has 0 aliphatic heterocycles. The second kappa shape index (κ2) is 9.00. The number of benzene rings is 3. The summed E-state index contributed by atoms with van der Waals surface area (Å²) in [5.41, 5.74) is 2.77. The molecule has 0 radical (unpaired) electrons. The van der Waals surface area contributed by atoms with Gasteiger partial charge in [-0.25, -0.2) is 8.42 Å². The number of sulfonamides is 1. The molecule has 2 N–H and O–H groups in total. The van der Waals surface area contributed by atoms with Crippen molar-refractivity contribution in [2.24, 2.45) is 0 Å². The minimum absolute atomic E-state index is 0.105. The topological polar surface area (TPSA) is 84.5 Å². The summed E-state index contributed by atoms with van der Waals surface area (Å²) in [5, 5.41) is 2.74. The first-order valence-electron chi connectivity index (χ1n) is 9.48. The number of para-hydroxylation sites is 2. The molecule has 3 aromatic rings. The fraction of sp³-hybridized carbons (Fsp3) is 0.174. The maximum Gasteiger partial charge on any atom is 0.265 e. The van der Waals surface area contributed by atoms with Crippen LogP contribution in [0.3, 0.4) is 0 Å². The molecule has 0 aliphatic rings. The zero-order chi connectivity index (χ0) is 21.7. The van der Waals surface area contributed by atoms with Gasteiger partial charge in [0.05, 0.1) is 10.6 Å². The first-order valence-corrected chi connectivity index (χ1v) is 11.0. The Morgan fingerprint density at radius 3 is 2.10 bits per heavy atom. The van der Waals surface area contributed by atoms with Crippen molar-refractivity contribution in [3.05, 3.63) is 83.9 Å². The van der Waals surface area contributed by atoms with Gasteiger partial charge in [0.1, 0.15) is 5.75 Å². The lowest BCUT2D eigenvalue weighted by molar-refractivity contribution is -0.122. The van der Waals surface area contributed by atoms with Gasteiger partial charge in [-0.3, -0.25) is 9.52 Å². The first-order chi connectivity index (χ1) is 14.3. The van der Waals surface area contributed by atoms with Gasteiger partial charge in [-0.2, -0.15) is 0 Å². The Balaban J connectivity index is 1.66. The van der Waals surface area contributed by atoms with E-state index in [0.29, 0.717) is 17.1 Å². The lowest BCUT2D eigenvalue weighted by Crippen LogP contribution is -2.30. The molecule has 0 aromatic heterocycles. The second-order valence-corrected chi connectivity index (χ2v) is 8.64. The molecule has 3 rings (SSSR count). The number of anilines is 2. The molecule has 0 saturated heterocycles. The highest BCUT2D eigenvalue weighted by molar-refractivity contribution is 7.92. The summed E-state index contributed by atoms with van der Waals surface area (Å²) in [6.07, 6.45) is -0.711. The van der Waals surface area contributed by atoms with Gasteiger partial charge < -0.3 is 10.1 Å². The van der Waals surface area contributed by atoms with Crippen molar-refractivity contribution in [2.75, 3.05) is 10.0 Å². The average molecular weight is 425 g/mol. The number of aryl methyl sites for hydroxylation is 2. The Morgan fingerprint density at radius 1 is 0.867 bits per heavy atom. The fourth-order valence-corrected chi connectivity index (χ4v) is 3.92. The van der Waals surface area contributed by atoms with Crippen LogP contribution in [-0.2, 0) is 14.8 Å². The van der Waals surface area contributed by atoms with E-state index < -0.39 is 16.1 Å². The van der Waals surface area contributed by atoms with Gasteiger partial charge >= 0.3 is 0 Å². The largest absolute Gasteiger partial charge is 0.481 e. The number of carbonyl (C=O) groups excluding carboxylic acids is 1. The van der Waals surface area contributed by atoms with Gasteiger partial charge in [-0.05, 0) is 68.3 Å². The van der Waals surface area contributed by atoms with Crippen molar-refractivity contribution in [3.63, 3.8) is 0 Å². The van der Waals surface area contributed by atoms with E-state index in [0.717, 1.165) is 11.1 Å². The molecule has 0 heterocycles. The van der Waals surface area contributed by atoms with Crippen LogP contribution in [0.1, 0.15) is 18.1 Å². The second-order valence-electron chi connectivity index (χ2n) is 6.96. The quantitative estimate of drug-likeness (QED) is 0.584. The van der Waals surface area contributed by atoms with Crippen LogP contribution in [0.4, 0.5) is 11.4 Å². The molecule has 0 spiro atoms. The number of nitrogens with one attached hydrogen (secondary N) is 2. The number of hydrogen-bond donors (Lipinski definition) is 2. The maximum atomic E-state index is 12.6. The number of carbonyl (C=O) groups is 1. The summed E-state index contributed by atoms with van der Waals surface area (Å²) in [5.74, 6) is 0.316. The van der Waals surface area contributed by atoms with E-state index in [9.17, 15) is 13.2 Å². The number of hydrogen-bond acceptors (Lipinski definition) is 4. The third kappa shape index (κ3) is 5.18. The van der Waals surface area contributed by atoms with E-state index in [1.165, 1.54) is 12.1 Å². The van der Waals surface area contributed by atoms with Crippen molar-refractivity contribution >= 4 is 27.3 Å². The molecule has 3 aromatic carbocycles. The Labute approximate surface area is 177 Å². The Hall–Kier alpha value is -3.32. The van der Waals surface area contributed by atoms with E-state index in [-0.39, 0.29) is 10.8 Å². The van der Waals surface area contributed by atoms with Gasteiger partial charge in [0, 0.05) is 5.69 Å². The Bertz CT molecular complexity index is 1140. The minimum Gasteiger partial charge on any atom is -0.481 e.